The number of carbonyl (C=O) groups excluding carboxylic acids is 1. The molecule has 1 heterocycles. The molecule has 0 aliphatic heterocycles. The molecule has 34 heavy (non-hydrogen) atoms. The van der Waals surface area contributed by atoms with Crippen LogP contribution in [0.4, 0.5) is 14.7 Å². The number of fused-ring (bicyclic) bond motifs is 1. The molecule has 3 aromatic rings. The molecular weight excluding hydrogens is 460 g/mol. The standard InChI is InChI=1S/C25H27F2N3O3S/c1-30-23-5-3-2-4-22(23)28-25(30)29-24(31)19(12-15-13-20(26)21(27)14-15)16-6-8-17(9-7-16)34(32,33)18-10-11-18/h2-9,15,18-21H,10-14H2,1H3,(H,28,29,31)/t15-,19-,20+,21-/m1/s1. The summed E-state index contributed by atoms with van der Waals surface area (Å²) in [6.07, 6.45) is -1.27. The molecular formula is C25H27F2N3O3S. The zero-order valence-electron chi connectivity index (χ0n) is 18.8. The van der Waals surface area contributed by atoms with Crippen LogP contribution in [0.3, 0.4) is 0 Å². The number of nitrogens with one attached hydrogen (secondary N) is 1. The number of aryl methyl sites for hydroxylation is 1. The van der Waals surface area contributed by atoms with Crippen molar-refractivity contribution in [1.82, 2.24) is 9.55 Å². The van der Waals surface area contributed by atoms with Gasteiger partial charge in [-0.2, -0.15) is 0 Å². The van der Waals surface area contributed by atoms with E-state index in [-0.39, 0.29) is 41.2 Å². The molecule has 0 bridgehead atoms. The number of aromatic nitrogens is 2. The van der Waals surface area contributed by atoms with Gasteiger partial charge in [-0.3, -0.25) is 10.1 Å². The molecule has 2 fully saturated rings. The van der Waals surface area contributed by atoms with Gasteiger partial charge in [0.05, 0.1) is 27.1 Å². The molecule has 0 saturated heterocycles. The molecule has 2 aromatic carbocycles. The number of hydrogen-bond donors (Lipinski definition) is 1. The van der Waals surface area contributed by atoms with E-state index in [2.05, 4.69) is 10.3 Å². The molecule has 2 aliphatic rings. The maximum absolute atomic E-state index is 13.8. The Labute approximate surface area is 197 Å². The number of hydrogen-bond acceptors (Lipinski definition) is 4. The third-order valence-corrected chi connectivity index (χ3v) is 9.27. The lowest BCUT2D eigenvalue weighted by Crippen LogP contribution is -2.25. The monoisotopic (exact) mass is 487 g/mol. The average Bonchev–Trinajstić information content (AvgIpc) is 3.58. The number of imidazole rings is 1. The molecule has 6 nitrogen and oxygen atoms in total. The first-order chi connectivity index (χ1) is 16.2. The van der Waals surface area contributed by atoms with Crippen LogP contribution < -0.4 is 5.32 Å². The van der Waals surface area contributed by atoms with Crippen molar-refractivity contribution in [2.75, 3.05) is 5.32 Å². The third-order valence-electron chi connectivity index (χ3n) is 6.99. The van der Waals surface area contributed by atoms with Gasteiger partial charge in [0, 0.05) is 7.05 Å². The molecule has 4 atom stereocenters. The number of rotatable bonds is 7. The fourth-order valence-corrected chi connectivity index (χ4v) is 6.52. The van der Waals surface area contributed by atoms with Gasteiger partial charge < -0.3 is 4.57 Å². The fraction of sp³-hybridized carbons (Fsp3) is 0.440. The average molecular weight is 488 g/mol. The largest absolute Gasteiger partial charge is 0.313 e. The number of halogens is 2. The lowest BCUT2D eigenvalue weighted by atomic mass is 9.87. The van der Waals surface area contributed by atoms with Crippen molar-refractivity contribution in [1.29, 1.82) is 0 Å². The van der Waals surface area contributed by atoms with Crippen LogP contribution in [0.15, 0.2) is 53.4 Å². The van der Waals surface area contributed by atoms with Crippen LogP contribution in [-0.4, -0.2) is 41.5 Å². The number of amides is 1. The highest BCUT2D eigenvalue weighted by Crippen LogP contribution is 2.39. The van der Waals surface area contributed by atoms with E-state index >= 15 is 0 Å². The van der Waals surface area contributed by atoms with Gasteiger partial charge in [0.25, 0.3) is 0 Å². The van der Waals surface area contributed by atoms with E-state index in [9.17, 15) is 22.0 Å². The predicted octanol–water partition coefficient (Wildman–Crippen LogP) is 4.71. The Morgan fingerprint density at radius 1 is 1.09 bits per heavy atom. The predicted molar refractivity (Wildman–Crippen MR) is 126 cm³/mol. The first kappa shape index (κ1) is 23.0. The van der Waals surface area contributed by atoms with Crippen molar-refractivity contribution in [2.24, 2.45) is 13.0 Å². The van der Waals surface area contributed by atoms with Gasteiger partial charge in [-0.25, -0.2) is 22.2 Å². The Balaban J connectivity index is 1.42. The first-order valence-electron chi connectivity index (χ1n) is 11.6. The van der Waals surface area contributed by atoms with Crippen LogP contribution in [0.2, 0.25) is 0 Å². The zero-order chi connectivity index (χ0) is 24.0. The van der Waals surface area contributed by atoms with Gasteiger partial charge in [-0.05, 0) is 67.9 Å². The fourth-order valence-electron chi connectivity index (χ4n) is 4.86. The number of anilines is 1. The summed E-state index contributed by atoms with van der Waals surface area (Å²) in [6, 6.07) is 13.8. The Bertz CT molecular complexity index is 1310. The highest BCUT2D eigenvalue weighted by molar-refractivity contribution is 7.92. The van der Waals surface area contributed by atoms with Crippen molar-refractivity contribution in [3.8, 4) is 0 Å². The SMILES string of the molecule is Cn1c(NC(=O)[C@H](C[C@H]2C[C@@H](F)[C@@H](F)C2)c2ccc(S(=O)(=O)C3CC3)cc2)nc2ccccc21. The number of para-hydroxylation sites is 2. The Kier molecular flexibility index (Phi) is 5.91. The van der Waals surface area contributed by atoms with E-state index in [1.54, 1.807) is 23.7 Å². The number of carbonyl (C=O) groups is 1. The minimum Gasteiger partial charge on any atom is -0.313 e. The Morgan fingerprint density at radius 2 is 1.74 bits per heavy atom. The van der Waals surface area contributed by atoms with Crippen molar-refractivity contribution >= 4 is 32.7 Å². The smallest absolute Gasteiger partial charge is 0.234 e. The first-order valence-corrected chi connectivity index (χ1v) is 13.1. The molecule has 1 amide bonds. The molecule has 180 valence electrons. The molecule has 0 unspecified atom stereocenters. The molecule has 2 aliphatic carbocycles. The van der Waals surface area contributed by atoms with E-state index in [0.717, 1.165) is 11.0 Å². The van der Waals surface area contributed by atoms with E-state index in [0.29, 0.717) is 24.4 Å². The van der Waals surface area contributed by atoms with E-state index in [4.69, 9.17) is 0 Å². The van der Waals surface area contributed by atoms with Crippen molar-refractivity contribution in [3.05, 3.63) is 54.1 Å². The highest BCUT2D eigenvalue weighted by atomic mass is 32.2. The van der Waals surface area contributed by atoms with Crippen LogP contribution in [-0.2, 0) is 21.7 Å². The third kappa shape index (κ3) is 4.33. The molecule has 9 heteroatoms. The summed E-state index contributed by atoms with van der Waals surface area (Å²) in [7, 11) is -1.55. The molecule has 0 spiro atoms. The topological polar surface area (TPSA) is 81.1 Å². The van der Waals surface area contributed by atoms with Crippen molar-refractivity contribution in [2.45, 2.75) is 60.5 Å². The molecule has 2 saturated carbocycles. The summed E-state index contributed by atoms with van der Waals surface area (Å²) >= 11 is 0. The number of nitrogens with zero attached hydrogens (tertiary/aromatic N) is 2. The normalized spacial score (nSPS) is 23.8. The summed E-state index contributed by atoms with van der Waals surface area (Å²) in [5, 5.41) is 2.55. The summed E-state index contributed by atoms with van der Waals surface area (Å²) in [4.78, 5) is 18.1. The van der Waals surface area contributed by atoms with Gasteiger partial charge >= 0.3 is 0 Å². The van der Waals surface area contributed by atoms with Gasteiger partial charge in [-0.15, -0.1) is 0 Å². The maximum Gasteiger partial charge on any atom is 0.234 e. The van der Waals surface area contributed by atoms with Gasteiger partial charge in [0.1, 0.15) is 12.3 Å². The van der Waals surface area contributed by atoms with Crippen LogP contribution in [0.5, 0.6) is 0 Å². The molecule has 1 N–H and O–H groups in total. The Morgan fingerprint density at radius 3 is 2.35 bits per heavy atom. The van der Waals surface area contributed by atoms with Crippen LogP contribution in [0.25, 0.3) is 11.0 Å². The van der Waals surface area contributed by atoms with Crippen LogP contribution >= 0.6 is 0 Å². The summed E-state index contributed by atoms with van der Waals surface area (Å²) < 4.78 is 54.6. The lowest BCUT2D eigenvalue weighted by Gasteiger charge is -2.21. The van der Waals surface area contributed by atoms with Crippen LogP contribution in [0.1, 0.15) is 43.6 Å². The minimum atomic E-state index is -3.35. The second-order valence-corrected chi connectivity index (χ2v) is 11.7. The number of benzene rings is 2. The summed E-state index contributed by atoms with van der Waals surface area (Å²) in [6.45, 7) is 0. The second-order valence-electron chi connectivity index (χ2n) is 9.44. The lowest BCUT2D eigenvalue weighted by molar-refractivity contribution is -0.118. The Hall–Kier alpha value is -2.81. The van der Waals surface area contributed by atoms with Crippen LogP contribution in [0, 0.1) is 5.92 Å². The van der Waals surface area contributed by atoms with Crippen molar-refractivity contribution in [3.63, 3.8) is 0 Å². The second kappa shape index (κ2) is 8.76. The van der Waals surface area contributed by atoms with Gasteiger partial charge in [0.15, 0.2) is 9.84 Å². The number of alkyl halides is 2. The summed E-state index contributed by atoms with van der Waals surface area (Å²) in [5.74, 6) is -0.938. The minimum absolute atomic E-state index is 0.0748. The molecule has 1 aromatic heterocycles. The maximum atomic E-state index is 13.8. The number of sulfone groups is 1. The summed E-state index contributed by atoms with van der Waals surface area (Å²) in [5.41, 5.74) is 2.21. The zero-order valence-corrected chi connectivity index (χ0v) is 19.6. The van der Waals surface area contributed by atoms with Gasteiger partial charge in [-0.1, -0.05) is 24.3 Å². The van der Waals surface area contributed by atoms with E-state index in [1.807, 2.05) is 24.3 Å². The molecule has 5 rings (SSSR count). The highest BCUT2D eigenvalue weighted by Gasteiger charge is 2.39. The van der Waals surface area contributed by atoms with Crippen molar-refractivity contribution < 1.29 is 22.0 Å². The molecule has 0 radical (unpaired) electrons. The van der Waals surface area contributed by atoms with E-state index < -0.39 is 28.1 Å². The van der Waals surface area contributed by atoms with E-state index in [1.165, 1.54) is 12.1 Å². The van der Waals surface area contributed by atoms with Gasteiger partial charge in [0.2, 0.25) is 11.9 Å². The quantitative estimate of drug-likeness (QED) is 0.524.